The average molecular weight is 310 g/mol. The van der Waals surface area contributed by atoms with Gasteiger partial charge in [-0.2, -0.15) is 13.2 Å². The summed E-state index contributed by atoms with van der Waals surface area (Å²) in [5.41, 5.74) is -0.0181. The zero-order valence-electron chi connectivity index (χ0n) is 11.5. The van der Waals surface area contributed by atoms with Crippen molar-refractivity contribution in [3.63, 3.8) is 0 Å². The van der Waals surface area contributed by atoms with E-state index in [-0.39, 0.29) is 18.5 Å². The van der Waals surface area contributed by atoms with Crippen LogP contribution >= 0.6 is 12.4 Å². The van der Waals surface area contributed by atoms with E-state index in [9.17, 15) is 13.2 Å². The molecule has 20 heavy (non-hydrogen) atoms. The molecule has 1 aliphatic heterocycles. The minimum Gasteiger partial charge on any atom is -0.371 e. The minimum absolute atomic E-state index is 0. The summed E-state index contributed by atoms with van der Waals surface area (Å²) in [6.45, 7) is 6.17. The smallest absolute Gasteiger partial charge is 0.371 e. The van der Waals surface area contributed by atoms with Crippen LogP contribution in [0.3, 0.4) is 0 Å². The van der Waals surface area contributed by atoms with Gasteiger partial charge in [0.05, 0.1) is 18.3 Å². The number of ether oxygens (including phenoxy) is 1. The van der Waals surface area contributed by atoms with Gasteiger partial charge in [-0.3, -0.25) is 4.90 Å². The highest BCUT2D eigenvalue weighted by atomic mass is 35.5. The van der Waals surface area contributed by atoms with E-state index in [4.69, 9.17) is 4.74 Å². The fourth-order valence-corrected chi connectivity index (χ4v) is 2.26. The van der Waals surface area contributed by atoms with Crippen LogP contribution in [0.2, 0.25) is 0 Å². The molecule has 0 unspecified atom stereocenters. The molecule has 1 heterocycles. The van der Waals surface area contributed by atoms with Crippen molar-refractivity contribution < 1.29 is 17.9 Å². The first-order valence-corrected chi connectivity index (χ1v) is 6.40. The molecule has 0 spiro atoms. The second-order valence-corrected chi connectivity index (χ2v) is 5.07. The largest absolute Gasteiger partial charge is 0.416 e. The Balaban J connectivity index is 0.00000200. The quantitative estimate of drug-likeness (QED) is 0.821. The molecule has 0 radical (unpaired) electrons. The zero-order valence-corrected chi connectivity index (χ0v) is 12.3. The second-order valence-electron chi connectivity index (χ2n) is 5.07. The third-order valence-electron chi connectivity index (χ3n) is 3.41. The highest BCUT2D eigenvalue weighted by molar-refractivity contribution is 5.85. The lowest BCUT2D eigenvalue weighted by molar-refractivity contribution is -0.137. The Morgan fingerprint density at radius 1 is 1.30 bits per heavy atom. The van der Waals surface area contributed by atoms with Gasteiger partial charge in [0.25, 0.3) is 0 Å². The van der Waals surface area contributed by atoms with Gasteiger partial charge in [-0.05, 0) is 31.5 Å². The van der Waals surface area contributed by atoms with Gasteiger partial charge >= 0.3 is 6.18 Å². The van der Waals surface area contributed by atoms with Crippen molar-refractivity contribution in [3.8, 4) is 0 Å². The summed E-state index contributed by atoms with van der Waals surface area (Å²) in [4.78, 5) is 2.22. The maximum absolute atomic E-state index is 12.7. The number of hydrogen-bond donors (Lipinski definition) is 0. The maximum atomic E-state index is 12.7. The average Bonchev–Trinajstić information content (AvgIpc) is 2.38. The zero-order chi connectivity index (χ0) is 14.0. The summed E-state index contributed by atoms with van der Waals surface area (Å²) in [7, 11) is 0. The molecule has 114 valence electrons. The first-order chi connectivity index (χ1) is 8.88. The van der Waals surface area contributed by atoms with E-state index in [1.165, 1.54) is 12.1 Å². The third kappa shape index (κ3) is 4.11. The lowest BCUT2D eigenvalue weighted by atomic mass is 10.0. The van der Waals surface area contributed by atoms with Gasteiger partial charge in [0.15, 0.2) is 0 Å². The fourth-order valence-electron chi connectivity index (χ4n) is 2.26. The van der Waals surface area contributed by atoms with Gasteiger partial charge in [0, 0.05) is 19.1 Å². The highest BCUT2D eigenvalue weighted by Gasteiger charge is 2.32. The Hall–Kier alpha value is -0.780. The van der Waals surface area contributed by atoms with E-state index in [0.717, 1.165) is 12.6 Å². The molecular weight excluding hydrogens is 291 g/mol. The number of rotatable bonds is 2. The Morgan fingerprint density at radius 3 is 2.60 bits per heavy atom. The Kier molecular flexibility index (Phi) is 5.86. The van der Waals surface area contributed by atoms with E-state index < -0.39 is 11.7 Å². The van der Waals surface area contributed by atoms with Crippen LogP contribution < -0.4 is 0 Å². The van der Waals surface area contributed by atoms with Crippen LogP contribution in [0.4, 0.5) is 13.2 Å². The van der Waals surface area contributed by atoms with Gasteiger partial charge in [-0.1, -0.05) is 12.1 Å². The van der Waals surface area contributed by atoms with Crippen LogP contribution in [0.15, 0.2) is 24.3 Å². The highest BCUT2D eigenvalue weighted by Crippen LogP contribution is 2.32. The van der Waals surface area contributed by atoms with E-state index in [2.05, 4.69) is 18.7 Å². The van der Waals surface area contributed by atoms with Crippen LogP contribution in [0.5, 0.6) is 0 Å². The molecule has 6 heteroatoms. The Bertz CT molecular complexity index is 437. The summed E-state index contributed by atoms with van der Waals surface area (Å²) in [6, 6.07) is 5.79. The molecule has 0 aliphatic carbocycles. The lowest BCUT2D eigenvalue weighted by Crippen LogP contribution is -2.42. The molecule has 0 saturated carbocycles. The minimum atomic E-state index is -4.30. The summed E-state index contributed by atoms with van der Waals surface area (Å²) in [5, 5.41) is 0. The fraction of sp³-hybridized carbons (Fsp3) is 0.571. The van der Waals surface area contributed by atoms with E-state index in [1.54, 1.807) is 6.07 Å². The SMILES string of the molecule is CC(C)N1CCO[C@H](c2cccc(C(F)(F)F)c2)C1.Cl. The first-order valence-electron chi connectivity index (χ1n) is 6.40. The molecule has 0 bridgehead atoms. The van der Waals surface area contributed by atoms with Gasteiger partial charge in [0.1, 0.15) is 0 Å². The molecule has 2 nitrogen and oxygen atoms in total. The van der Waals surface area contributed by atoms with Crippen molar-refractivity contribution in [3.05, 3.63) is 35.4 Å². The molecule has 0 N–H and O–H groups in total. The van der Waals surface area contributed by atoms with Crippen molar-refractivity contribution >= 4 is 12.4 Å². The molecular formula is C14H19ClF3NO. The predicted octanol–water partition coefficient (Wildman–Crippen LogP) is 3.91. The second kappa shape index (κ2) is 6.78. The Morgan fingerprint density at radius 2 is 2.00 bits per heavy atom. The van der Waals surface area contributed by atoms with Crippen molar-refractivity contribution in [1.29, 1.82) is 0 Å². The van der Waals surface area contributed by atoms with Crippen LogP contribution in [0.1, 0.15) is 31.1 Å². The number of hydrogen-bond acceptors (Lipinski definition) is 2. The van der Waals surface area contributed by atoms with Crippen LogP contribution in [-0.4, -0.2) is 30.6 Å². The van der Waals surface area contributed by atoms with E-state index >= 15 is 0 Å². The number of alkyl halides is 3. The third-order valence-corrected chi connectivity index (χ3v) is 3.41. The van der Waals surface area contributed by atoms with Gasteiger partial charge < -0.3 is 4.74 Å². The number of benzene rings is 1. The van der Waals surface area contributed by atoms with E-state index in [1.807, 2.05) is 0 Å². The van der Waals surface area contributed by atoms with Crippen LogP contribution in [-0.2, 0) is 10.9 Å². The predicted molar refractivity (Wildman–Crippen MR) is 74.1 cm³/mol. The maximum Gasteiger partial charge on any atom is 0.416 e. The van der Waals surface area contributed by atoms with Crippen LogP contribution in [0, 0.1) is 0 Å². The summed E-state index contributed by atoms with van der Waals surface area (Å²) < 4.78 is 43.7. The topological polar surface area (TPSA) is 12.5 Å². The summed E-state index contributed by atoms with van der Waals surface area (Å²) in [6.07, 6.45) is -4.58. The summed E-state index contributed by atoms with van der Waals surface area (Å²) in [5.74, 6) is 0. The standard InChI is InChI=1S/C14H18F3NO.ClH/c1-10(2)18-6-7-19-13(9-18)11-4-3-5-12(8-11)14(15,16)17;/h3-5,8,10,13H,6-7,9H2,1-2H3;1H/t13-;/m0./s1. The van der Waals surface area contributed by atoms with E-state index in [0.29, 0.717) is 24.8 Å². The summed E-state index contributed by atoms with van der Waals surface area (Å²) >= 11 is 0. The molecule has 0 aromatic heterocycles. The first kappa shape index (κ1) is 17.3. The molecule has 2 rings (SSSR count). The molecule has 1 aromatic carbocycles. The normalized spacial score (nSPS) is 20.8. The molecule has 1 aliphatic rings. The van der Waals surface area contributed by atoms with Crippen molar-refractivity contribution in [2.24, 2.45) is 0 Å². The van der Waals surface area contributed by atoms with Gasteiger partial charge in [-0.15, -0.1) is 12.4 Å². The lowest BCUT2D eigenvalue weighted by Gasteiger charge is -2.35. The molecule has 1 atom stereocenters. The molecule has 1 fully saturated rings. The monoisotopic (exact) mass is 309 g/mol. The van der Waals surface area contributed by atoms with Crippen molar-refractivity contribution in [2.45, 2.75) is 32.2 Å². The number of halogens is 4. The molecule has 1 aromatic rings. The number of morpholine rings is 1. The van der Waals surface area contributed by atoms with Gasteiger partial charge in [-0.25, -0.2) is 0 Å². The molecule has 0 amide bonds. The van der Waals surface area contributed by atoms with Crippen molar-refractivity contribution in [1.82, 2.24) is 4.90 Å². The number of nitrogens with zero attached hydrogens (tertiary/aromatic N) is 1. The van der Waals surface area contributed by atoms with Gasteiger partial charge in [0.2, 0.25) is 0 Å². The molecule has 1 saturated heterocycles. The van der Waals surface area contributed by atoms with Crippen molar-refractivity contribution in [2.75, 3.05) is 19.7 Å². The Labute approximate surface area is 123 Å². The van der Waals surface area contributed by atoms with Crippen LogP contribution in [0.25, 0.3) is 0 Å².